The topological polar surface area (TPSA) is 26.0 Å². The van der Waals surface area contributed by atoms with Crippen molar-refractivity contribution in [3.8, 4) is 0 Å². The van der Waals surface area contributed by atoms with Gasteiger partial charge in [0.05, 0.1) is 0 Å². The number of rotatable bonds is 1. The van der Waals surface area contributed by atoms with Gasteiger partial charge in [-0.15, -0.1) is 11.3 Å². The van der Waals surface area contributed by atoms with Gasteiger partial charge in [-0.2, -0.15) is 0 Å². The Morgan fingerprint density at radius 2 is 1.88 bits per heavy atom. The maximum Gasteiger partial charge on any atom is 0.0372 e. The normalized spacial score (nSPS) is 16.0. The molecule has 1 aromatic carbocycles. The standard InChI is InChI=1S/C14H13NS/c15-12-7-3-2-6-11(12)14-9-10-5-1-4-8-13(10)16-14/h1,4-9H,2-3,15H2. The van der Waals surface area contributed by atoms with E-state index in [2.05, 4.69) is 42.5 Å². The average molecular weight is 227 g/mol. The number of hydrogen-bond acceptors (Lipinski definition) is 2. The van der Waals surface area contributed by atoms with Crippen molar-refractivity contribution >= 4 is 27.0 Å². The third-order valence-electron chi connectivity index (χ3n) is 2.88. The molecule has 0 bridgehead atoms. The van der Waals surface area contributed by atoms with Crippen molar-refractivity contribution < 1.29 is 0 Å². The van der Waals surface area contributed by atoms with Crippen LogP contribution in [-0.4, -0.2) is 0 Å². The Morgan fingerprint density at radius 3 is 2.69 bits per heavy atom. The lowest BCUT2D eigenvalue weighted by Gasteiger charge is -2.10. The SMILES string of the molecule is NC1=CCCC=C1c1cc2ccccc2s1. The Hall–Kier alpha value is -1.54. The summed E-state index contributed by atoms with van der Waals surface area (Å²) in [5, 5.41) is 1.31. The van der Waals surface area contributed by atoms with E-state index in [4.69, 9.17) is 5.73 Å². The molecule has 80 valence electrons. The predicted octanol–water partition coefficient (Wildman–Crippen LogP) is 3.92. The largest absolute Gasteiger partial charge is 0.398 e. The Morgan fingerprint density at radius 1 is 1.06 bits per heavy atom. The molecule has 0 saturated heterocycles. The Bertz CT molecular complexity index is 557. The van der Waals surface area contributed by atoms with Crippen molar-refractivity contribution in [3.63, 3.8) is 0 Å². The summed E-state index contributed by atoms with van der Waals surface area (Å²) in [6.45, 7) is 0. The van der Waals surface area contributed by atoms with Gasteiger partial charge in [0.15, 0.2) is 0 Å². The summed E-state index contributed by atoms with van der Waals surface area (Å²) in [4.78, 5) is 1.29. The number of benzene rings is 1. The predicted molar refractivity (Wildman–Crippen MR) is 71.3 cm³/mol. The van der Waals surface area contributed by atoms with Crippen molar-refractivity contribution in [1.82, 2.24) is 0 Å². The van der Waals surface area contributed by atoms with Crippen molar-refractivity contribution in [1.29, 1.82) is 0 Å². The molecule has 0 fully saturated rings. The zero-order valence-corrected chi connectivity index (χ0v) is 9.76. The van der Waals surface area contributed by atoms with E-state index in [1.54, 1.807) is 0 Å². The van der Waals surface area contributed by atoms with E-state index >= 15 is 0 Å². The molecule has 0 atom stereocenters. The van der Waals surface area contributed by atoms with Crippen LogP contribution in [-0.2, 0) is 0 Å². The highest BCUT2D eigenvalue weighted by atomic mass is 32.1. The van der Waals surface area contributed by atoms with Gasteiger partial charge < -0.3 is 5.73 Å². The summed E-state index contributed by atoms with van der Waals surface area (Å²) in [5.41, 5.74) is 8.18. The number of nitrogens with two attached hydrogens (primary N) is 1. The summed E-state index contributed by atoms with van der Waals surface area (Å²) >= 11 is 1.82. The van der Waals surface area contributed by atoms with Crippen molar-refractivity contribution in [2.45, 2.75) is 12.8 Å². The van der Waals surface area contributed by atoms with Gasteiger partial charge in [-0.25, -0.2) is 0 Å². The summed E-state index contributed by atoms with van der Waals surface area (Å²) < 4.78 is 1.33. The molecule has 2 heteroatoms. The third kappa shape index (κ3) is 1.55. The van der Waals surface area contributed by atoms with E-state index in [0.29, 0.717) is 0 Å². The molecule has 1 aromatic heterocycles. The number of thiophene rings is 1. The van der Waals surface area contributed by atoms with E-state index in [0.717, 1.165) is 18.5 Å². The molecular weight excluding hydrogens is 214 g/mol. The first-order chi connectivity index (χ1) is 7.84. The van der Waals surface area contributed by atoms with Crippen LogP contribution < -0.4 is 5.73 Å². The van der Waals surface area contributed by atoms with Crippen LogP contribution in [0.2, 0.25) is 0 Å². The second-order valence-corrected chi connectivity index (χ2v) is 5.09. The lowest BCUT2D eigenvalue weighted by atomic mass is 10.0. The van der Waals surface area contributed by atoms with Crippen LogP contribution in [0.3, 0.4) is 0 Å². The molecule has 0 spiro atoms. The lowest BCUT2D eigenvalue weighted by molar-refractivity contribution is 1.02. The van der Waals surface area contributed by atoms with Crippen molar-refractivity contribution in [2.24, 2.45) is 5.73 Å². The molecule has 2 N–H and O–H groups in total. The molecule has 1 aliphatic rings. The maximum absolute atomic E-state index is 6.03. The van der Waals surface area contributed by atoms with Crippen LogP contribution in [0.5, 0.6) is 0 Å². The number of fused-ring (bicyclic) bond motifs is 1. The highest BCUT2D eigenvalue weighted by Gasteiger charge is 2.10. The summed E-state index contributed by atoms with van der Waals surface area (Å²) in [7, 11) is 0. The van der Waals surface area contributed by atoms with E-state index in [1.165, 1.54) is 20.5 Å². The molecule has 3 rings (SSSR count). The molecule has 0 aliphatic heterocycles. The Balaban J connectivity index is 2.12. The fourth-order valence-electron chi connectivity index (χ4n) is 2.05. The number of allylic oxidation sites excluding steroid dienone is 3. The van der Waals surface area contributed by atoms with Gasteiger partial charge in [0, 0.05) is 20.8 Å². The highest BCUT2D eigenvalue weighted by molar-refractivity contribution is 7.20. The molecule has 16 heavy (non-hydrogen) atoms. The third-order valence-corrected chi connectivity index (χ3v) is 4.03. The first kappa shape index (κ1) is 9.67. The molecule has 0 radical (unpaired) electrons. The first-order valence-corrected chi connectivity index (χ1v) is 6.31. The van der Waals surface area contributed by atoms with Crippen molar-refractivity contribution in [3.05, 3.63) is 53.1 Å². The molecule has 2 aromatic rings. The van der Waals surface area contributed by atoms with E-state index in [-0.39, 0.29) is 0 Å². The van der Waals surface area contributed by atoms with Gasteiger partial charge in [-0.3, -0.25) is 0 Å². The first-order valence-electron chi connectivity index (χ1n) is 5.50. The fourth-order valence-corrected chi connectivity index (χ4v) is 3.18. The van der Waals surface area contributed by atoms with Gasteiger partial charge in [-0.1, -0.05) is 30.4 Å². The quantitative estimate of drug-likeness (QED) is 0.785. The Kier molecular flexibility index (Phi) is 2.29. The van der Waals surface area contributed by atoms with Crippen LogP contribution in [0.4, 0.5) is 0 Å². The van der Waals surface area contributed by atoms with E-state index < -0.39 is 0 Å². The van der Waals surface area contributed by atoms with Gasteiger partial charge in [0.25, 0.3) is 0 Å². The van der Waals surface area contributed by atoms with Crippen LogP contribution in [0.1, 0.15) is 17.7 Å². The second kappa shape index (κ2) is 3.80. The molecule has 0 unspecified atom stereocenters. The second-order valence-electron chi connectivity index (χ2n) is 4.00. The number of hydrogen-bond donors (Lipinski definition) is 1. The van der Waals surface area contributed by atoms with Crippen LogP contribution >= 0.6 is 11.3 Å². The monoisotopic (exact) mass is 227 g/mol. The maximum atomic E-state index is 6.03. The molecule has 1 aliphatic carbocycles. The molecular formula is C14H13NS. The molecule has 0 saturated carbocycles. The molecule has 0 amide bonds. The fraction of sp³-hybridized carbons (Fsp3) is 0.143. The smallest absolute Gasteiger partial charge is 0.0372 e. The van der Waals surface area contributed by atoms with Gasteiger partial charge in [0.1, 0.15) is 0 Å². The average Bonchev–Trinajstić information content (AvgIpc) is 2.73. The minimum absolute atomic E-state index is 0.929. The van der Waals surface area contributed by atoms with Gasteiger partial charge >= 0.3 is 0 Å². The zero-order valence-electron chi connectivity index (χ0n) is 8.94. The Labute approximate surface area is 98.9 Å². The van der Waals surface area contributed by atoms with Crippen LogP contribution in [0.15, 0.2) is 48.2 Å². The van der Waals surface area contributed by atoms with Gasteiger partial charge in [-0.05, 0) is 30.4 Å². The minimum Gasteiger partial charge on any atom is -0.398 e. The molecule has 1 heterocycles. The van der Waals surface area contributed by atoms with Crippen LogP contribution in [0.25, 0.3) is 15.7 Å². The van der Waals surface area contributed by atoms with E-state index in [9.17, 15) is 0 Å². The highest BCUT2D eigenvalue weighted by Crippen LogP contribution is 2.34. The van der Waals surface area contributed by atoms with Crippen molar-refractivity contribution in [2.75, 3.05) is 0 Å². The minimum atomic E-state index is 0.929. The van der Waals surface area contributed by atoms with E-state index in [1.807, 2.05) is 11.3 Å². The van der Waals surface area contributed by atoms with Crippen LogP contribution in [0, 0.1) is 0 Å². The molecule has 1 nitrogen and oxygen atoms in total. The summed E-state index contributed by atoms with van der Waals surface area (Å²) in [6.07, 6.45) is 6.55. The summed E-state index contributed by atoms with van der Waals surface area (Å²) in [6, 6.07) is 10.7. The summed E-state index contributed by atoms with van der Waals surface area (Å²) in [5.74, 6) is 0. The zero-order chi connectivity index (χ0) is 11.0. The van der Waals surface area contributed by atoms with Gasteiger partial charge in [0.2, 0.25) is 0 Å². The lowest BCUT2D eigenvalue weighted by Crippen LogP contribution is -2.02.